The van der Waals surface area contributed by atoms with E-state index >= 15 is 4.79 Å². The number of hydrogen-bond donors (Lipinski definition) is 4. The second-order valence-corrected chi connectivity index (χ2v) is 19.1. The molecule has 1 unspecified atom stereocenters. The van der Waals surface area contributed by atoms with E-state index in [0.717, 1.165) is 14.0 Å². The third-order valence-electron chi connectivity index (χ3n) is 12.7. The zero-order valence-electron chi connectivity index (χ0n) is 36.3. The summed E-state index contributed by atoms with van der Waals surface area (Å²) < 4.78 is 40.3. The van der Waals surface area contributed by atoms with Crippen LogP contribution in [0.25, 0.3) is 0 Å². The van der Waals surface area contributed by atoms with Crippen LogP contribution in [0.3, 0.4) is 0 Å². The molecule has 11 atom stereocenters. The van der Waals surface area contributed by atoms with Gasteiger partial charge in [-0.1, -0.05) is 52.8 Å². The van der Waals surface area contributed by atoms with E-state index in [-0.39, 0.29) is 29.7 Å². The number of rotatable bonds is 8. The number of esters is 3. The molecule has 1 aliphatic heterocycles. The van der Waals surface area contributed by atoms with Crippen molar-refractivity contribution in [2.75, 3.05) is 13.7 Å². The standard InChI is InChI=1S/C43H59NO16/c1-21-24(57-35(50)28(47)31(38(3,4)5)44-36(51)59-39(6,7)8)19-43(53)33(58-34(49)23-16-14-13-15-17-23)30-41(11,32(48)29(56-22(2)45)27(21)40(43,9)10)25(46)18-26-42(30,20-55-26)60-37(52)54-12/h13-17,24-26,28-31,33,46-47,53H,18-20H2,1-12H3,(H,44,51)/t24-,25+,26-,28-,29-,30?,31-,33+,41-,42+,43-/m1/s1. The molecule has 4 N–H and O–H groups in total. The van der Waals surface area contributed by atoms with Crippen molar-refractivity contribution in [3.8, 4) is 0 Å². The molecule has 0 spiro atoms. The molecular formula is C43H59NO16. The molecule has 1 saturated heterocycles. The summed E-state index contributed by atoms with van der Waals surface area (Å²) in [7, 11) is 1.07. The number of ether oxygens (including phenoxy) is 7. The lowest BCUT2D eigenvalue weighted by Gasteiger charge is -2.67. The van der Waals surface area contributed by atoms with Gasteiger partial charge in [-0.25, -0.2) is 19.2 Å². The van der Waals surface area contributed by atoms with Gasteiger partial charge in [0.1, 0.15) is 29.5 Å². The SMILES string of the molecule is COC(=O)O[C@@]12CO[C@@H]1C[C@H](O)[C@@]1(C)C(=O)[C@H](OC(C)=O)C3=C(C)[C@H](OC(=O)[C@H](O)[C@@H](NC(=O)OC(C)(C)C)C(C)(C)C)C[C@@](O)([C@@H](OC(=O)c4ccccc4)C12)C3(C)C. The largest absolute Gasteiger partial charge is 0.508 e. The Morgan fingerprint density at radius 2 is 1.58 bits per heavy atom. The summed E-state index contributed by atoms with van der Waals surface area (Å²) in [6, 6.07) is 6.50. The highest BCUT2D eigenvalue weighted by molar-refractivity contribution is 5.95. The van der Waals surface area contributed by atoms with Crippen molar-refractivity contribution in [2.24, 2.45) is 22.2 Å². The summed E-state index contributed by atoms with van der Waals surface area (Å²) in [5, 5.41) is 39.8. The van der Waals surface area contributed by atoms with Gasteiger partial charge in [-0.2, -0.15) is 0 Å². The van der Waals surface area contributed by atoms with Gasteiger partial charge in [0.05, 0.1) is 42.8 Å². The fourth-order valence-electron chi connectivity index (χ4n) is 9.50. The van der Waals surface area contributed by atoms with Crippen LogP contribution in [-0.2, 0) is 47.5 Å². The van der Waals surface area contributed by atoms with E-state index in [2.05, 4.69) is 5.32 Å². The predicted molar refractivity (Wildman–Crippen MR) is 209 cm³/mol. The van der Waals surface area contributed by atoms with Crippen LogP contribution in [-0.4, -0.2) is 124 Å². The molecule has 4 aliphatic rings. The molecule has 60 heavy (non-hydrogen) atoms. The van der Waals surface area contributed by atoms with Crippen molar-refractivity contribution in [3.63, 3.8) is 0 Å². The molecule has 17 heteroatoms. The monoisotopic (exact) mass is 845 g/mol. The molecule has 3 fully saturated rings. The van der Waals surface area contributed by atoms with Gasteiger partial charge in [-0.15, -0.1) is 0 Å². The van der Waals surface area contributed by atoms with Crippen LogP contribution in [0.2, 0.25) is 0 Å². The minimum absolute atomic E-state index is 0.0226. The van der Waals surface area contributed by atoms with Gasteiger partial charge in [0.25, 0.3) is 0 Å². The van der Waals surface area contributed by atoms with E-state index in [4.69, 9.17) is 33.2 Å². The number of amides is 1. The van der Waals surface area contributed by atoms with Crippen LogP contribution in [0, 0.1) is 22.2 Å². The van der Waals surface area contributed by atoms with E-state index in [1.165, 1.54) is 39.8 Å². The number of hydrogen-bond acceptors (Lipinski definition) is 16. The number of carbonyl (C=O) groups excluding carboxylic acids is 6. The van der Waals surface area contributed by atoms with E-state index in [0.29, 0.717) is 0 Å². The summed E-state index contributed by atoms with van der Waals surface area (Å²) in [4.78, 5) is 82.7. The van der Waals surface area contributed by atoms with Gasteiger partial charge < -0.3 is 53.8 Å². The lowest BCUT2D eigenvalue weighted by molar-refractivity contribution is -0.344. The Morgan fingerprint density at radius 1 is 0.967 bits per heavy atom. The van der Waals surface area contributed by atoms with Gasteiger partial charge >= 0.3 is 30.2 Å². The Hall–Kier alpha value is -4.58. The van der Waals surface area contributed by atoms with Crippen molar-refractivity contribution in [1.29, 1.82) is 0 Å². The molecule has 3 aliphatic carbocycles. The number of methoxy groups -OCH3 is 1. The van der Waals surface area contributed by atoms with E-state index in [1.807, 2.05) is 0 Å². The number of fused-ring (bicyclic) bond motifs is 5. The summed E-state index contributed by atoms with van der Waals surface area (Å²) in [5.74, 6) is -5.62. The average Bonchev–Trinajstić information content (AvgIpc) is 3.13. The summed E-state index contributed by atoms with van der Waals surface area (Å²) in [5.41, 5.74) is -9.78. The predicted octanol–water partition coefficient (Wildman–Crippen LogP) is 3.72. The first-order valence-corrected chi connectivity index (χ1v) is 19.9. The summed E-state index contributed by atoms with van der Waals surface area (Å²) >= 11 is 0. The molecule has 1 heterocycles. The average molecular weight is 846 g/mol. The fraction of sp³-hybridized carbons (Fsp3) is 0.674. The van der Waals surface area contributed by atoms with Crippen molar-refractivity contribution >= 4 is 35.9 Å². The van der Waals surface area contributed by atoms with Crippen LogP contribution < -0.4 is 5.32 Å². The molecular weight excluding hydrogens is 786 g/mol. The molecule has 0 radical (unpaired) electrons. The minimum Gasteiger partial charge on any atom is -0.456 e. The number of aliphatic hydroxyl groups is 3. The molecule has 1 aromatic carbocycles. The van der Waals surface area contributed by atoms with Crippen LogP contribution in [0.4, 0.5) is 9.59 Å². The summed E-state index contributed by atoms with van der Waals surface area (Å²) in [6.07, 6.45) is -12.8. The van der Waals surface area contributed by atoms with Crippen LogP contribution in [0.15, 0.2) is 41.5 Å². The maximum absolute atomic E-state index is 15.4. The maximum atomic E-state index is 15.4. The van der Waals surface area contributed by atoms with Crippen LogP contribution >= 0.6 is 0 Å². The lowest BCUT2D eigenvalue weighted by atomic mass is 9.44. The number of alkyl carbamates (subject to hydrolysis) is 1. The number of aliphatic hydroxyl groups excluding tert-OH is 2. The highest BCUT2D eigenvalue weighted by Gasteiger charge is 2.78. The van der Waals surface area contributed by atoms with E-state index in [1.54, 1.807) is 59.7 Å². The van der Waals surface area contributed by atoms with Gasteiger partial charge in [0, 0.05) is 25.2 Å². The highest BCUT2D eigenvalue weighted by Crippen LogP contribution is 2.64. The van der Waals surface area contributed by atoms with Gasteiger partial charge in [-0.05, 0) is 63.3 Å². The van der Waals surface area contributed by atoms with Gasteiger partial charge in [0.15, 0.2) is 23.6 Å². The summed E-state index contributed by atoms with van der Waals surface area (Å²) in [6.45, 7) is 16.6. The van der Waals surface area contributed by atoms with Crippen molar-refractivity contribution < 1.29 is 77.2 Å². The van der Waals surface area contributed by atoms with E-state index in [9.17, 15) is 39.3 Å². The van der Waals surface area contributed by atoms with Crippen LogP contribution in [0.1, 0.15) is 99.4 Å². The molecule has 1 aromatic rings. The number of Topliss-reactive ketones (excluding diaryl/α,β-unsaturated/α-hetero) is 1. The quantitative estimate of drug-likeness (QED) is 0.166. The molecule has 1 amide bonds. The Bertz CT molecular complexity index is 1910. The second kappa shape index (κ2) is 16.0. The lowest BCUT2D eigenvalue weighted by Crippen LogP contribution is -2.82. The Labute approximate surface area is 349 Å². The third-order valence-corrected chi connectivity index (χ3v) is 12.7. The first-order chi connectivity index (χ1) is 27.6. The minimum atomic E-state index is -2.42. The van der Waals surface area contributed by atoms with Gasteiger partial charge in [0.2, 0.25) is 0 Å². The Kier molecular flexibility index (Phi) is 12.4. The zero-order chi connectivity index (χ0) is 45.1. The molecule has 17 nitrogen and oxygen atoms in total. The smallest absolute Gasteiger partial charge is 0.456 e. The highest BCUT2D eigenvalue weighted by atomic mass is 16.8. The number of carbonyl (C=O) groups is 6. The number of nitrogens with one attached hydrogen (secondary N) is 1. The topological polar surface area (TPSA) is 240 Å². The number of ketones is 1. The molecule has 2 bridgehead atoms. The molecule has 5 rings (SSSR count). The molecule has 0 aromatic heterocycles. The van der Waals surface area contributed by atoms with Crippen molar-refractivity contribution in [3.05, 3.63) is 47.0 Å². The van der Waals surface area contributed by atoms with E-state index < -0.39 is 124 Å². The first kappa shape index (κ1) is 46.5. The zero-order valence-corrected chi connectivity index (χ0v) is 36.3. The Balaban J connectivity index is 1.74. The van der Waals surface area contributed by atoms with Crippen molar-refractivity contribution in [1.82, 2.24) is 5.32 Å². The molecule has 332 valence electrons. The van der Waals surface area contributed by atoms with Crippen molar-refractivity contribution in [2.45, 2.75) is 148 Å². The second-order valence-electron chi connectivity index (χ2n) is 19.1. The first-order valence-electron chi connectivity index (χ1n) is 19.9. The maximum Gasteiger partial charge on any atom is 0.508 e. The normalized spacial score (nSPS) is 33.1. The number of benzene rings is 1. The third kappa shape index (κ3) is 8.00. The van der Waals surface area contributed by atoms with Crippen LogP contribution in [0.5, 0.6) is 0 Å². The molecule has 2 saturated carbocycles. The fourth-order valence-corrected chi connectivity index (χ4v) is 9.50. The Morgan fingerprint density at radius 3 is 2.10 bits per heavy atom. The van der Waals surface area contributed by atoms with Gasteiger partial charge in [-0.3, -0.25) is 9.59 Å².